The van der Waals surface area contributed by atoms with Gasteiger partial charge in [-0.15, -0.1) is 0 Å². The molecule has 0 unspecified atom stereocenters. The van der Waals surface area contributed by atoms with Gasteiger partial charge in [-0.2, -0.15) is 0 Å². The lowest BCUT2D eigenvalue weighted by molar-refractivity contribution is -0.123. The highest BCUT2D eigenvalue weighted by Crippen LogP contribution is 2.27. The fraction of sp³-hybridized carbons (Fsp3) is 0.417. The van der Waals surface area contributed by atoms with Gasteiger partial charge in [-0.25, -0.2) is 13.6 Å². The fourth-order valence-electron chi connectivity index (χ4n) is 1.41. The number of ether oxygens (including phenoxy) is 2. The van der Waals surface area contributed by atoms with Crippen molar-refractivity contribution in [2.75, 3.05) is 26.9 Å². The number of amides is 1. The molecule has 0 aliphatic rings. The van der Waals surface area contributed by atoms with E-state index in [9.17, 15) is 13.2 Å². The third kappa shape index (κ3) is 6.42. The molecule has 9 heteroatoms. The van der Waals surface area contributed by atoms with Crippen LogP contribution in [0.25, 0.3) is 0 Å². The fourth-order valence-corrected chi connectivity index (χ4v) is 2.60. The van der Waals surface area contributed by atoms with E-state index in [0.29, 0.717) is 23.4 Å². The zero-order valence-corrected chi connectivity index (χ0v) is 13.9. The van der Waals surface area contributed by atoms with Crippen molar-refractivity contribution in [3.63, 3.8) is 0 Å². The molecule has 7 nitrogen and oxygen atoms in total. The molecule has 0 aromatic heterocycles. The van der Waals surface area contributed by atoms with Crippen LogP contribution >= 0.6 is 15.9 Å². The van der Waals surface area contributed by atoms with Crippen molar-refractivity contribution in [2.24, 2.45) is 5.14 Å². The second-order valence-corrected chi connectivity index (χ2v) is 6.54. The van der Waals surface area contributed by atoms with Crippen molar-refractivity contribution in [1.29, 1.82) is 0 Å². The molecule has 0 spiro atoms. The van der Waals surface area contributed by atoms with Crippen LogP contribution in [0.2, 0.25) is 0 Å². The van der Waals surface area contributed by atoms with Crippen molar-refractivity contribution in [2.45, 2.75) is 11.3 Å². The second-order valence-electron chi connectivity index (χ2n) is 4.12. The minimum absolute atomic E-state index is 0.0363. The topological polar surface area (TPSA) is 108 Å². The van der Waals surface area contributed by atoms with Crippen LogP contribution in [-0.2, 0) is 19.6 Å². The first-order valence-corrected chi connectivity index (χ1v) is 8.39. The van der Waals surface area contributed by atoms with Gasteiger partial charge in [0.25, 0.3) is 5.91 Å². The number of nitrogens with one attached hydrogen (secondary N) is 1. The summed E-state index contributed by atoms with van der Waals surface area (Å²) in [4.78, 5) is 11.5. The number of primary sulfonamides is 1. The maximum Gasteiger partial charge on any atom is 0.257 e. The predicted molar refractivity (Wildman–Crippen MR) is 80.5 cm³/mol. The number of carbonyl (C=O) groups excluding carboxylic acids is 1. The van der Waals surface area contributed by atoms with E-state index in [0.717, 1.165) is 6.42 Å². The molecule has 0 atom stereocenters. The summed E-state index contributed by atoms with van der Waals surface area (Å²) in [6.07, 6.45) is 0.717. The van der Waals surface area contributed by atoms with Gasteiger partial charge in [0.2, 0.25) is 10.0 Å². The van der Waals surface area contributed by atoms with Gasteiger partial charge < -0.3 is 14.8 Å². The van der Waals surface area contributed by atoms with Gasteiger partial charge in [-0.1, -0.05) is 0 Å². The Morgan fingerprint density at radius 3 is 2.71 bits per heavy atom. The van der Waals surface area contributed by atoms with Gasteiger partial charge in [-0.05, 0) is 40.5 Å². The number of benzene rings is 1. The molecular weight excluding hydrogens is 364 g/mol. The molecule has 1 rings (SSSR count). The Labute approximate surface area is 132 Å². The summed E-state index contributed by atoms with van der Waals surface area (Å²) >= 11 is 3.17. The first kappa shape index (κ1) is 17.9. The van der Waals surface area contributed by atoms with Crippen LogP contribution in [0, 0.1) is 0 Å². The Morgan fingerprint density at radius 2 is 2.14 bits per heavy atom. The average molecular weight is 381 g/mol. The molecule has 0 bridgehead atoms. The number of rotatable bonds is 8. The molecular formula is C12H17BrN2O5S. The third-order valence-electron chi connectivity index (χ3n) is 2.44. The van der Waals surface area contributed by atoms with E-state index in [1.165, 1.54) is 18.2 Å². The van der Waals surface area contributed by atoms with Crippen molar-refractivity contribution in [3.8, 4) is 5.75 Å². The molecule has 118 valence electrons. The molecule has 1 amide bonds. The molecule has 0 fully saturated rings. The molecule has 0 saturated heterocycles. The normalized spacial score (nSPS) is 11.2. The van der Waals surface area contributed by atoms with Crippen LogP contribution in [0.15, 0.2) is 27.6 Å². The smallest absolute Gasteiger partial charge is 0.257 e. The van der Waals surface area contributed by atoms with E-state index in [4.69, 9.17) is 14.6 Å². The van der Waals surface area contributed by atoms with Crippen molar-refractivity contribution >= 4 is 31.9 Å². The summed E-state index contributed by atoms with van der Waals surface area (Å²) in [5.41, 5.74) is 0. The number of nitrogens with two attached hydrogens (primary N) is 1. The molecule has 0 radical (unpaired) electrons. The Hall–Kier alpha value is -1.16. The van der Waals surface area contributed by atoms with Gasteiger partial charge in [0, 0.05) is 20.3 Å². The Balaban J connectivity index is 2.51. The van der Waals surface area contributed by atoms with E-state index in [1.807, 2.05) is 0 Å². The summed E-state index contributed by atoms with van der Waals surface area (Å²) in [5.74, 6) is 0.0861. The van der Waals surface area contributed by atoms with Crippen LogP contribution in [0.1, 0.15) is 6.42 Å². The summed E-state index contributed by atoms with van der Waals surface area (Å²) in [7, 11) is -2.18. The molecule has 21 heavy (non-hydrogen) atoms. The molecule has 3 N–H and O–H groups in total. The number of halogens is 1. The minimum Gasteiger partial charge on any atom is -0.483 e. The maximum absolute atomic E-state index is 11.5. The number of methoxy groups -OCH3 is 1. The van der Waals surface area contributed by atoms with E-state index < -0.39 is 10.0 Å². The third-order valence-corrected chi connectivity index (χ3v) is 3.97. The summed E-state index contributed by atoms with van der Waals surface area (Å²) in [5, 5.41) is 7.68. The van der Waals surface area contributed by atoms with Crippen LogP contribution < -0.4 is 15.2 Å². The van der Waals surface area contributed by atoms with Crippen molar-refractivity contribution in [3.05, 3.63) is 22.7 Å². The number of sulfonamides is 1. The molecule has 0 saturated carbocycles. The molecule has 1 aromatic rings. The molecule has 0 aliphatic carbocycles. The van der Waals surface area contributed by atoms with E-state index in [2.05, 4.69) is 21.2 Å². The largest absolute Gasteiger partial charge is 0.483 e. The Bertz CT molecular complexity index is 591. The first-order valence-electron chi connectivity index (χ1n) is 6.05. The lowest BCUT2D eigenvalue weighted by atomic mass is 10.3. The predicted octanol–water partition coefficient (Wildman–Crippen LogP) is 0.628. The SMILES string of the molecule is COCCCNC(=O)COc1ccc(S(N)(=O)=O)cc1Br. The number of hydrogen-bond acceptors (Lipinski definition) is 5. The van der Waals surface area contributed by atoms with Crippen molar-refractivity contribution in [1.82, 2.24) is 5.32 Å². The van der Waals surface area contributed by atoms with Gasteiger partial charge >= 0.3 is 0 Å². The lowest BCUT2D eigenvalue weighted by Gasteiger charge is -2.09. The first-order chi connectivity index (χ1) is 9.84. The van der Waals surface area contributed by atoms with Gasteiger partial charge in [-0.3, -0.25) is 4.79 Å². The zero-order chi connectivity index (χ0) is 15.9. The summed E-state index contributed by atoms with van der Waals surface area (Å²) in [6, 6.07) is 4.06. The molecule has 0 aliphatic heterocycles. The van der Waals surface area contributed by atoms with Crippen LogP contribution in [-0.4, -0.2) is 41.2 Å². The van der Waals surface area contributed by atoms with Crippen LogP contribution in [0.3, 0.4) is 0 Å². The van der Waals surface area contributed by atoms with E-state index >= 15 is 0 Å². The average Bonchev–Trinajstić information content (AvgIpc) is 2.41. The molecule has 1 aromatic carbocycles. The summed E-state index contributed by atoms with van der Waals surface area (Å²) < 4.78 is 32.9. The monoisotopic (exact) mass is 380 g/mol. The zero-order valence-electron chi connectivity index (χ0n) is 11.5. The standard InChI is InChI=1S/C12H17BrN2O5S/c1-19-6-2-5-15-12(16)8-20-11-4-3-9(7-10(11)13)21(14,17)18/h3-4,7H,2,5-6,8H2,1H3,(H,15,16)(H2,14,17,18). The van der Waals surface area contributed by atoms with E-state index in [-0.39, 0.29) is 17.4 Å². The maximum atomic E-state index is 11.5. The van der Waals surface area contributed by atoms with Crippen LogP contribution in [0.4, 0.5) is 0 Å². The highest BCUT2D eigenvalue weighted by atomic mass is 79.9. The highest BCUT2D eigenvalue weighted by molar-refractivity contribution is 9.10. The minimum atomic E-state index is -3.77. The Kier molecular flexibility index (Phi) is 7.09. The number of carbonyl (C=O) groups is 1. The quantitative estimate of drug-likeness (QED) is 0.643. The van der Waals surface area contributed by atoms with E-state index in [1.54, 1.807) is 7.11 Å². The second kappa shape index (κ2) is 8.32. The number of hydrogen-bond donors (Lipinski definition) is 2. The van der Waals surface area contributed by atoms with Gasteiger partial charge in [0.1, 0.15) is 5.75 Å². The highest BCUT2D eigenvalue weighted by Gasteiger charge is 2.11. The van der Waals surface area contributed by atoms with Crippen molar-refractivity contribution < 1.29 is 22.7 Å². The Morgan fingerprint density at radius 1 is 1.43 bits per heavy atom. The molecule has 0 heterocycles. The lowest BCUT2D eigenvalue weighted by Crippen LogP contribution is -2.30. The van der Waals surface area contributed by atoms with Gasteiger partial charge in [0.05, 0.1) is 9.37 Å². The summed E-state index contributed by atoms with van der Waals surface area (Å²) in [6.45, 7) is 0.906. The van der Waals surface area contributed by atoms with Gasteiger partial charge in [0.15, 0.2) is 6.61 Å². The van der Waals surface area contributed by atoms with Crippen LogP contribution in [0.5, 0.6) is 5.75 Å².